The van der Waals surface area contributed by atoms with Crippen LogP contribution in [-0.4, -0.2) is 25.0 Å². The van der Waals surface area contributed by atoms with Crippen LogP contribution < -0.4 is 4.72 Å². The molecule has 0 bridgehead atoms. The van der Waals surface area contributed by atoms with Gasteiger partial charge in [-0.2, -0.15) is 0 Å². The summed E-state index contributed by atoms with van der Waals surface area (Å²) in [6.07, 6.45) is 0.432. The van der Waals surface area contributed by atoms with Crippen LogP contribution in [0, 0.1) is 13.8 Å². The van der Waals surface area contributed by atoms with Gasteiger partial charge in [-0.15, -0.1) is 0 Å². The molecule has 25 heavy (non-hydrogen) atoms. The van der Waals surface area contributed by atoms with Crippen LogP contribution in [0.4, 0.5) is 0 Å². The Bertz CT molecular complexity index is 896. The van der Waals surface area contributed by atoms with Crippen LogP contribution in [0.1, 0.15) is 36.1 Å². The molecule has 5 nitrogen and oxygen atoms in total. The smallest absolute Gasteiger partial charge is 0.265 e. The molecule has 0 aliphatic heterocycles. The molecule has 0 spiro atoms. The summed E-state index contributed by atoms with van der Waals surface area (Å²) in [5, 5.41) is 9.69. The molecule has 6 heteroatoms. The first kappa shape index (κ1) is 19.1. The highest BCUT2D eigenvalue weighted by Gasteiger charge is 2.29. The number of aliphatic hydroxyl groups is 1. The molecule has 0 saturated heterocycles. The minimum atomic E-state index is -4.08. The van der Waals surface area contributed by atoms with Crippen LogP contribution in [0.2, 0.25) is 0 Å². The van der Waals surface area contributed by atoms with E-state index in [2.05, 4.69) is 0 Å². The maximum absolute atomic E-state index is 12.6. The van der Waals surface area contributed by atoms with Gasteiger partial charge in [0.15, 0.2) is 0 Å². The summed E-state index contributed by atoms with van der Waals surface area (Å²) in [6.45, 7) is 6.43. The van der Waals surface area contributed by atoms with Crippen LogP contribution in [-0.2, 0) is 21.2 Å². The van der Waals surface area contributed by atoms with Gasteiger partial charge in [-0.1, -0.05) is 42.0 Å². The number of hydrogen-bond donors (Lipinski definition) is 2. The highest BCUT2D eigenvalue weighted by molar-refractivity contribution is 7.90. The van der Waals surface area contributed by atoms with Crippen molar-refractivity contribution in [3.63, 3.8) is 0 Å². The van der Waals surface area contributed by atoms with Gasteiger partial charge < -0.3 is 5.11 Å². The molecular formula is C19H23NO4S. The molecule has 0 aliphatic rings. The minimum Gasteiger partial charge on any atom is -0.381 e. The van der Waals surface area contributed by atoms with Crippen molar-refractivity contribution >= 4 is 15.9 Å². The van der Waals surface area contributed by atoms with Gasteiger partial charge in [-0.25, -0.2) is 13.1 Å². The lowest BCUT2D eigenvalue weighted by Crippen LogP contribution is -2.44. The number of benzene rings is 2. The molecule has 2 aromatic rings. The minimum absolute atomic E-state index is 0.0357. The van der Waals surface area contributed by atoms with Crippen LogP contribution >= 0.6 is 0 Å². The molecule has 134 valence electrons. The number of nitrogens with one attached hydrogen (secondary N) is 1. The molecule has 0 atom stereocenters. The fourth-order valence-corrected chi connectivity index (χ4v) is 3.76. The van der Waals surface area contributed by atoms with E-state index in [4.69, 9.17) is 0 Å². The molecule has 0 aromatic heterocycles. The lowest BCUT2D eigenvalue weighted by atomic mass is 9.99. The van der Waals surface area contributed by atoms with Crippen LogP contribution in [0.15, 0.2) is 47.4 Å². The van der Waals surface area contributed by atoms with E-state index in [0.29, 0.717) is 12.0 Å². The highest BCUT2D eigenvalue weighted by Crippen LogP contribution is 2.22. The number of amides is 1. The maximum Gasteiger partial charge on any atom is 0.265 e. The number of hydrogen-bond acceptors (Lipinski definition) is 4. The van der Waals surface area contributed by atoms with Gasteiger partial charge in [0.05, 0.1) is 4.90 Å². The maximum atomic E-state index is 12.6. The van der Waals surface area contributed by atoms with Gasteiger partial charge in [0, 0.05) is 0 Å². The van der Waals surface area contributed by atoms with E-state index in [1.54, 1.807) is 18.2 Å². The molecule has 0 unspecified atom stereocenters. The topological polar surface area (TPSA) is 83.5 Å². The van der Waals surface area contributed by atoms with Crippen molar-refractivity contribution < 1.29 is 18.3 Å². The van der Waals surface area contributed by atoms with Crippen LogP contribution in [0.5, 0.6) is 0 Å². The second-order valence-corrected chi connectivity index (χ2v) is 8.36. The summed E-state index contributed by atoms with van der Waals surface area (Å²) in [6, 6.07) is 12.6. The van der Waals surface area contributed by atoms with E-state index in [9.17, 15) is 18.3 Å². The molecule has 2 N–H and O–H groups in total. The summed E-state index contributed by atoms with van der Waals surface area (Å²) in [5.74, 6) is -0.964. The molecule has 0 saturated carbocycles. The fourth-order valence-electron chi connectivity index (χ4n) is 2.41. The standard InChI is InChI=1S/C19H23NO4S/c1-13-9-10-14(2)16(11-13)12-15-7-5-6-8-17(15)25(23,24)20-18(21)19(3,4)22/h5-11,22H,12H2,1-4H3,(H,20,21). The average Bonchev–Trinajstić information content (AvgIpc) is 2.50. The number of sulfonamides is 1. The summed E-state index contributed by atoms with van der Waals surface area (Å²) in [4.78, 5) is 11.9. The Morgan fingerprint density at radius 2 is 1.72 bits per heavy atom. The zero-order chi connectivity index (χ0) is 18.8. The van der Waals surface area contributed by atoms with E-state index in [1.807, 2.05) is 36.8 Å². The summed E-state index contributed by atoms with van der Waals surface area (Å²) < 4.78 is 27.2. The molecule has 2 rings (SSSR count). The molecule has 0 aliphatic carbocycles. The molecule has 0 radical (unpaired) electrons. The van der Waals surface area contributed by atoms with Crippen LogP contribution in [0.25, 0.3) is 0 Å². The quantitative estimate of drug-likeness (QED) is 0.857. The third-order valence-corrected chi connectivity index (χ3v) is 5.36. The molecular weight excluding hydrogens is 338 g/mol. The SMILES string of the molecule is Cc1ccc(C)c(Cc2ccccc2S(=O)(=O)NC(=O)C(C)(C)O)c1. The first-order valence-corrected chi connectivity index (χ1v) is 9.42. The zero-order valence-corrected chi connectivity index (χ0v) is 15.6. The Labute approximate surface area is 148 Å². The molecule has 2 aromatic carbocycles. The van der Waals surface area contributed by atoms with Gasteiger partial charge >= 0.3 is 0 Å². The number of aryl methyl sites for hydroxylation is 2. The van der Waals surface area contributed by atoms with Crippen molar-refractivity contribution in [1.29, 1.82) is 0 Å². The third-order valence-electron chi connectivity index (χ3n) is 3.93. The van der Waals surface area contributed by atoms with E-state index in [0.717, 1.165) is 16.7 Å². The van der Waals surface area contributed by atoms with Crippen molar-refractivity contribution in [1.82, 2.24) is 4.72 Å². The molecule has 0 heterocycles. The van der Waals surface area contributed by atoms with Crippen molar-refractivity contribution in [2.45, 2.75) is 44.6 Å². The van der Waals surface area contributed by atoms with E-state index >= 15 is 0 Å². The Kier molecular flexibility index (Phi) is 5.34. The molecule has 1 amide bonds. The van der Waals surface area contributed by atoms with Gasteiger partial charge in [0.1, 0.15) is 5.60 Å². The fraction of sp³-hybridized carbons (Fsp3) is 0.316. The number of rotatable bonds is 5. The van der Waals surface area contributed by atoms with E-state index in [-0.39, 0.29) is 4.90 Å². The van der Waals surface area contributed by atoms with Gasteiger partial charge in [-0.05, 0) is 56.9 Å². The predicted octanol–water partition coefficient (Wildman–Crippen LogP) is 2.47. The van der Waals surface area contributed by atoms with Crippen LogP contribution in [0.3, 0.4) is 0 Å². The van der Waals surface area contributed by atoms with E-state index < -0.39 is 21.5 Å². The lowest BCUT2D eigenvalue weighted by Gasteiger charge is -2.18. The second-order valence-electron chi connectivity index (χ2n) is 6.71. The number of carbonyl (C=O) groups is 1. The van der Waals surface area contributed by atoms with Crippen molar-refractivity contribution in [3.05, 3.63) is 64.7 Å². The third kappa shape index (κ3) is 4.67. The first-order chi connectivity index (χ1) is 11.5. The van der Waals surface area contributed by atoms with Gasteiger partial charge in [0.2, 0.25) is 0 Å². The monoisotopic (exact) mass is 361 g/mol. The zero-order valence-electron chi connectivity index (χ0n) is 14.8. The summed E-state index contributed by atoms with van der Waals surface area (Å²) in [7, 11) is -4.08. The Balaban J connectivity index is 2.41. The Hall–Kier alpha value is -2.18. The normalized spacial score (nSPS) is 12.0. The predicted molar refractivity (Wildman–Crippen MR) is 96.8 cm³/mol. The van der Waals surface area contributed by atoms with Crippen molar-refractivity contribution in [2.75, 3.05) is 0 Å². The summed E-state index contributed by atoms with van der Waals surface area (Å²) >= 11 is 0. The highest BCUT2D eigenvalue weighted by atomic mass is 32.2. The second kappa shape index (κ2) is 6.98. The lowest BCUT2D eigenvalue weighted by molar-refractivity contribution is -0.134. The summed E-state index contributed by atoms with van der Waals surface area (Å²) in [5.41, 5.74) is 1.99. The van der Waals surface area contributed by atoms with Gasteiger partial charge in [0.25, 0.3) is 15.9 Å². The van der Waals surface area contributed by atoms with Crippen molar-refractivity contribution in [2.24, 2.45) is 0 Å². The largest absolute Gasteiger partial charge is 0.381 e. The van der Waals surface area contributed by atoms with Crippen molar-refractivity contribution in [3.8, 4) is 0 Å². The molecule has 0 fully saturated rings. The Morgan fingerprint density at radius 1 is 1.08 bits per heavy atom. The van der Waals surface area contributed by atoms with Gasteiger partial charge in [-0.3, -0.25) is 4.79 Å². The Morgan fingerprint density at radius 3 is 2.36 bits per heavy atom. The average molecular weight is 361 g/mol. The first-order valence-electron chi connectivity index (χ1n) is 7.94. The van der Waals surface area contributed by atoms with E-state index in [1.165, 1.54) is 19.9 Å². The number of carbonyl (C=O) groups excluding carboxylic acids is 1.